The molecule has 0 aliphatic rings. The lowest BCUT2D eigenvalue weighted by Gasteiger charge is -2.14. The quantitative estimate of drug-likeness (QED) is 0.248. The number of thioether (sulfide) groups is 1. The fraction of sp³-hybridized carbons (Fsp3) is 0.103. The lowest BCUT2D eigenvalue weighted by Crippen LogP contribution is -2.25. The number of halogens is 1. The number of amides is 2. The number of carbonyl (C=O) groups excluding carboxylic acids is 2. The molecule has 2 N–H and O–H groups in total. The third-order valence-electron chi connectivity index (χ3n) is 5.95. The number of nitrogens with one attached hydrogen (secondary N) is 2. The number of aromatic nitrogens is 3. The highest BCUT2D eigenvalue weighted by atomic mass is 32.2. The van der Waals surface area contributed by atoms with Gasteiger partial charge < -0.3 is 15.4 Å². The number of hydrogen-bond donors (Lipinski definition) is 2. The Hall–Kier alpha value is -4.70. The van der Waals surface area contributed by atoms with Gasteiger partial charge in [-0.2, -0.15) is 0 Å². The van der Waals surface area contributed by atoms with E-state index < -0.39 is 11.7 Å². The Kier molecular flexibility index (Phi) is 7.83. The third kappa shape index (κ3) is 5.75. The lowest BCUT2D eigenvalue weighted by atomic mass is 10.0. The fourth-order valence-electron chi connectivity index (χ4n) is 4.12. The van der Waals surface area contributed by atoms with Crippen molar-refractivity contribution in [3.63, 3.8) is 0 Å². The summed E-state index contributed by atoms with van der Waals surface area (Å²) in [5, 5.41) is 16.3. The minimum Gasteiger partial charge on any atom is -0.495 e. The summed E-state index contributed by atoms with van der Waals surface area (Å²) >= 11 is 1.13. The van der Waals surface area contributed by atoms with Gasteiger partial charge in [0.15, 0.2) is 11.0 Å². The van der Waals surface area contributed by atoms with E-state index in [0.29, 0.717) is 28.0 Å². The molecule has 0 saturated carbocycles. The standard InChI is InChI=1S/C29H24FN5O3S/c1-38-25-16-7-6-15-24(25)35-26(17-31-28(37)21-12-8-10-19-9-2-3-11-20(19)21)33-34-29(35)39-18-27(36)32-23-14-5-4-13-22(23)30/h2-16H,17-18H2,1H3,(H,31,37)(H,32,36). The van der Waals surface area contributed by atoms with Crippen LogP contribution in [0.1, 0.15) is 16.2 Å². The highest BCUT2D eigenvalue weighted by molar-refractivity contribution is 7.99. The molecule has 0 saturated heterocycles. The predicted molar refractivity (Wildman–Crippen MR) is 149 cm³/mol. The van der Waals surface area contributed by atoms with Crippen LogP contribution >= 0.6 is 11.8 Å². The number of nitrogens with zero attached hydrogens (tertiary/aromatic N) is 3. The first-order valence-electron chi connectivity index (χ1n) is 12.1. The molecule has 0 radical (unpaired) electrons. The van der Waals surface area contributed by atoms with E-state index in [4.69, 9.17) is 4.74 Å². The molecule has 4 aromatic carbocycles. The summed E-state index contributed by atoms with van der Waals surface area (Å²) in [4.78, 5) is 25.7. The van der Waals surface area contributed by atoms with Crippen molar-refractivity contribution in [3.05, 3.63) is 108 Å². The summed E-state index contributed by atoms with van der Waals surface area (Å²) in [6, 6.07) is 26.5. The largest absolute Gasteiger partial charge is 0.495 e. The van der Waals surface area contributed by atoms with Crippen LogP contribution in [0.5, 0.6) is 5.75 Å². The minimum atomic E-state index is -0.516. The van der Waals surface area contributed by atoms with Gasteiger partial charge in [0.25, 0.3) is 5.91 Å². The number of para-hydroxylation sites is 3. The Morgan fingerprint density at radius 2 is 1.67 bits per heavy atom. The molecule has 5 rings (SSSR count). The highest BCUT2D eigenvalue weighted by Crippen LogP contribution is 2.29. The van der Waals surface area contributed by atoms with Crippen LogP contribution in [0.2, 0.25) is 0 Å². The molecule has 0 atom stereocenters. The van der Waals surface area contributed by atoms with E-state index in [2.05, 4.69) is 20.8 Å². The number of anilines is 1. The lowest BCUT2D eigenvalue weighted by molar-refractivity contribution is -0.113. The zero-order chi connectivity index (χ0) is 27.2. The molecule has 0 aliphatic heterocycles. The number of carbonyl (C=O) groups is 2. The number of hydrogen-bond acceptors (Lipinski definition) is 6. The molecule has 1 aromatic heterocycles. The van der Waals surface area contributed by atoms with E-state index in [0.717, 1.165) is 22.5 Å². The molecule has 2 amide bonds. The first-order chi connectivity index (χ1) is 19.0. The summed E-state index contributed by atoms with van der Waals surface area (Å²) in [6.07, 6.45) is 0. The Bertz CT molecular complexity index is 1650. The average Bonchev–Trinajstić information content (AvgIpc) is 3.38. The number of benzene rings is 4. The molecule has 8 nitrogen and oxygen atoms in total. The molecule has 10 heteroatoms. The Morgan fingerprint density at radius 3 is 2.51 bits per heavy atom. The first kappa shape index (κ1) is 25.9. The van der Waals surface area contributed by atoms with Crippen LogP contribution in [0.4, 0.5) is 10.1 Å². The molecule has 0 spiro atoms. The molecule has 39 heavy (non-hydrogen) atoms. The minimum absolute atomic E-state index is 0.0377. The summed E-state index contributed by atoms with van der Waals surface area (Å²) in [5.74, 6) is -0.187. The van der Waals surface area contributed by atoms with Gasteiger partial charge in [-0.25, -0.2) is 4.39 Å². The van der Waals surface area contributed by atoms with Crippen LogP contribution in [0.3, 0.4) is 0 Å². The smallest absolute Gasteiger partial charge is 0.252 e. The van der Waals surface area contributed by atoms with E-state index in [1.165, 1.54) is 12.1 Å². The molecule has 1 heterocycles. The van der Waals surface area contributed by atoms with Crippen LogP contribution < -0.4 is 15.4 Å². The van der Waals surface area contributed by atoms with Gasteiger partial charge in [-0.05, 0) is 41.1 Å². The summed E-state index contributed by atoms with van der Waals surface area (Å²) in [5.41, 5.74) is 1.30. The molecule has 5 aromatic rings. The fourth-order valence-corrected chi connectivity index (χ4v) is 4.89. The van der Waals surface area contributed by atoms with Gasteiger partial charge in [-0.15, -0.1) is 10.2 Å². The van der Waals surface area contributed by atoms with Crippen molar-refractivity contribution in [3.8, 4) is 11.4 Å². The maximum Gasteiger partial charge on any atom is 0.252 e. The zero-order valence-electron chi connectivity index (χ0n) is 20.9. The van der Waals surface area contributed by atoms with Gasteiger partial charge in [-0.3, -0.25) is 14.2 Å². The van der Waals surface area contributed by atoms with E-state index >= 15 is 0 Å². The SMILES string of the molecule is COc1ccccc1-n1c(CNC(=O)c2cccc3ccccc23)nnc1SCC(=O)Nc1ccccc1F. The maximum absolute atomic E-state index is 13.9. The molecule has 0 bridgehead atoms. The third-order valence-corrected chi connectivity index (χ3v) is 6.88. The Balaban J connectivity index is 1.38. The first-order valence-corrected chi connectivity index (χ1v) is 13.0. The van der Waals surface area contributed by atoms with E-state index in [9.17, 15) is 14.0 Å². The second-order valence-corrected chi connectivity index (χ2v) is 9.37. The van der Waals surface area contributed by atoms with Crippen molar-refractivity contribution in [2.75, 3.05) is 18.2 Å². The summed E-state index contributed by atoms with van der Waals surface area (Å²) in [7, 11) is 1.56. The van der Waals surface area contributed by atoms with Crippen molar-refractivity contribution in [2.24, 2.45) is 0 Å². The molecule has 196 valence electrons. The highest BCUT2D eigenvalue weighted by Gasteiger charge is 2.20. The normalized spacial score (nSPS) is 10.8. The molecular weight excluding hydrogens is 517 g/mol. The van der Waals surface area contributed by atoms with E-state index in [1.807, 2.05) is 54.6 Å². The maximum atomic E-state index is 13.9. The van der Waals surface area contributed by atoms with Crippen molar-refractivity contribution < 1.29 is 18.7 Å². The van der Waals surface area contributed by atoms with Crippen molar-refractivity contribution in [1.82, 2.24) is 20.1 Å². The number of rotatable bonds is 9. The second-order valence-electron chi connectivity index (χ2n) is 8.43. The van der Waals surface area contributed by atoms with Crippen LogP contribution in [0, 0.1) is 5.82 Å². The van der Waals surface area contributed by atoms with Crippen LogP contribution in [-0.2, 0) is 11.3 Å². The van der Waals surface area contributed by atoms with Crippen LogP contribution in [0.15, 0.2) is 96.2 Å². The average molecular weight is 542 g/mol. The number of methoxy groups -OCH3 is 1. The predicted octanol–water partition coefficient (Wildman–Crippen LogP) is 5.23. The monoisotopic (exact) mass is 541 g/mol. The van der Waals surface area contributed by atoms with Gasteiger partial charge in [-0.1, -0.05) is 72.4 Å². The van der Waals surface area contributed by atoms with Crippen LogP contribution in [0.25, 0.3) is 16.5 Å². The Morgan fingerprint density at radius 1 is 0.923 bits per heavy atom. The Labute approximate surface area is 228 Å². The van der Waals surface area contributed by atoms with Gasteiger partial charge in [0.05, 0.1) is 30.8 Å². The summed E-state index contributed by atoms with van der Waals surface area (Å²) in [6.45, 7) is 0.0785. The van der Waals surface area contributed by atoms with Crippen molar-refractivity contribution in [1.29, 1.82) is 0 Å². The zero-order valence-corrected chi connectivity index (χ0v) is 21.7. The number of fused-ring (bicyclic) bond motifs is 1. The van der Waals surface area contributed by atoms with E-state index in [-0.39, 0.29) is 23.9 Å². The van der Waals surface area contributed by atoms with Crippen molar-refractivity contribution >= 4 is 40.0 Å². The summed E-state index contributed by atoms with van der Waals surface area (Å²) < 4.78 is 21.2. The van der Waals surface area contributed by atoms with Crippen molar-refractivity contribution in [2.45, 2.75) is 11.7 Å². The molecule has 0 fully saturated rings. The van der Waals surface area contributed by atoms with Crippen LogP contribution in [-0.4, -0.2) is 39.4 Å². The van der Waals surface area contributed by atoms with Gasteiger partial charge >= 0.3 is 0 Å². The second kappa shape index (κ2) is 11.8. The van der Waals surface area contributed by atoms with E-state index in [1.54, 1.807) is 35.9 Å². The van der Waals surface area contributed by atoms with Gasteiger partial charge in [0, 0.05) is 5.56 Å². The topological polar surface area (TPSA) is 98.1 Å². The number of ether oxygens (including phenoxy) is 1. The van der Waals surface area contributed by atoms with Gasteiger partial charge in [0.2, 0.25) is 5.91 Å². The van der Waals surface area contributed by atoms with Gasteiger partial charge in [0.1, 0.15) is 11.6 Å². The molecule has 0 aliphatic carbocycles. The molecule has 0 unspecified atom stereocenters. The molecular formula is C29H24FN5O3S.